The fourth-order valence-corrected chi connectivity index (χ4v) is 2.71. The van der Waals surface area contributed by atoms with Gasteiger partial charge in [-0.05, 0) is 44.5 Å². The number of hydrogen-bond acceptors (Lipinski definition) is 5. The van der Waals surface area contributed by atoms with E-state index in [1.54, 1.807) is 32.9 Å². The Bertz CT molecular complexity index is 952. The van der Waals surface area contributed by atoms with Crippen LogP contribution in [0.25, 0.3) is 11.1 Å². The number of methoxy groups -OCH3 is 1. The minimum absolute atomic E-state index is 0.161. The zero-order valence-corrected chi connectivity index (χ0v) is 14.4. The van der Waals surface area contributed by atoms with Crippen LogP contribution in [0.15, 0.2) is 28.8 Å². The van der Waals surface area contributed by atoms with Gasteiger partial charge in [0.25, 0.3) is 11.6 Å². The molecule has 2 aromatic heterocycles. The van der Waals surface area contributed by atoms with E-state index in [1.165, 1.54) is 19.2 Å². The van der Waals surface area contributed by atoms with Crippen LogP contribution >= 0.6 is 0 Å². The molecule has 6 nitrogen and oxygen atoms in total. The van der Waals surface area contributed by atoms with E-state index in [0.717, 1.165) is 0 Å². The minimum atomic E-state index is -0.474. The molecule has 130 valence electrons. The van der Waals surface area contributed by atoms with Crippen molar-refractivity contribution in [3.05, 3.63) is 52.6 Å². The SMILES string of the molecule is COc1ccc(C(C)NC(=O)c2cc(C)nc3onc(C)c23)cc1F. The van der Waals surface area contributed by atoms with Gasteiger partial charge in [0.2, 0.25) is 0 Å². The van der Waals surface area contributed by atoms with Crippen molar-refractivity contribution in [1.29, 1.82) is 0 Å². The Morgan fingerprint density at radius 2 is 2.08 bits per heavy atom. The van der Waals surface area contributed by atoms with Gasteiger partial charge in [-0.3, -0.25) is 4.79 Å². The maximum atomic E-state index is 13.9. The Morgan fingerprint density at radius 3 is 2.76 bits per heavy atom. The highest BCUT2D eigenvalue weighted by Gasteiger charge is 2.20. The summed E-state index contributed by atoms with van der Waals surface area (Å²) >= 11 is 0. The lowest BCUT2D eigenvalue weighted by Gasteiger charge is -2.16. The number of pyridine rings is 1. The summed E-state index contributed by atoms with van der Waals surface area (Å²) in [7, 11) is 1.40. The molecule has 1 unspecified atom stereocenters. The molecule has 0 aliphatic rings. The number of halogens is 1. The fourth-order valence-electron chi connectivity index (χ4n) is 2.71. The maximum Gasteiger partial charge on any atom is 0.258 e. The first-order valence-corrected chi connectivity index (χ1v) is 7.78. The third-order valence-corrected chi connectivity index (χ3v) is 4.01. The highest BCUT2D eigenvalue weighted by molar-refractivity contribution is 6.06. The first-order chi connectivity index (χ1) is 11.9. The predicted octanol–water partition coefficient (Wildman–Crippen LogP) is 3.48. The summed E-state index contributed by atoms with van der Waals surface area (Å²) in [5.41, 5.74) is 2.64. The molecule has 0 aliphatic heterocycles. The minimum Gasteiger partial charge on any atom is -0.494 e. The number of nitrogens with one attached hydrogen (secondary N) is 1. The van der Waals surface area contributed by atoms with E-state index < -0.39 is 11.9 Å². The summed E-state index contributed by atoms with van der Waals surface area (Å²) in [5.74, 6) is -0.613. The molecule has 2 heterocycles. The number of amides is 1. The van der Waals surface area contributed by atoms with E-state index in [-0.39, 0.29) is 11.7 Å². The van der Waals surface area contributed by atoms with Crippen molar-refractivity contribution in [2.24, 2.45) is 0 Å². The standard InChI is InChI=1S/C18H18FN3O3/c1-9-7-13(16-11(3)22-25-18(16)20-9)17(23)21-10(2)12-5-6-15(24-4)14(19)8-12/h5-8,10H,1-4H3,(H,21,23). The Balaban J connectivity index is 1.90. The van der Waals surface area contributed by atoms with Crippen LogP contribution < -0.4 is 10.1 Å². The molecule has 1 amide bonds. The smallest absolute Gasteiger partial charge is 0.258 e. The number of ether oxygens (including phenoxy) is 1. The van der Waals surface area contributed by atoms with E-state index >= 15 is 0 Å². The van der Waals surface area contributed by atoms with Crippen LogP contribution in [0.2, 0.25) is 0 Å². The summed E-state index contributed by atoms with van der Waals surface area (Å²) < 4.78 is 23.9. The highest BCUT2D eigenvalue weighted by atomic mass is 19.1. The van der Waals surface area contributed by atoms with Crippen molar-refractivity contribution >= 4 is 17.0 Å². The maximum absolute atomic E-state index is 13.9. The summed E-state index contributed by atoms with van der Waals surface area (Å²) in [6.45, 7) is 5.31. The zero-order valence-electron chi connectivity index (χ0n) is 14.4. The van der Waals surface area contributed by atoms with E-state index in [9.17, 15) is 9.18 Å². The number of carbonyl (C=O) groups is 1. The Labute approximate surface area is 144 Å². The quantitative estimate of drug-likeness (QED) is 0.785. The number of aryl methyl sites for hydroxylation is 2. The van der Waals surface area contributed by atoms with Gasteiger partial charge in [0.05, 0.1) is 29.8 Å². The van der Waals surface area contributed by atoms with Crippen molar-refractivity contribution in [2.75, 3.05) is 7.11 Å². The molecule has 0 radical (unpaired) electrons. The Kier molecular flexibility index (Phi) is 4.39. The van der Waals surface area contributed by atoms with Crippen molar-refractivity contribution in [2.45, 2.75) is 26.8 Å². The molecule has 0 bridgehead atoms. The number of hydrogen-bond donors (Lipinski definition) is 1. The fraction of sp³-hybridized carbons (Fsp3) is 0.278. The third kappa shape index (κ3) is 3.17. The third-order valence-electron chi connectivity index (χ3n) is 4.01. The number of aromatic nitrogens is 2. The molecule has 0 spiro atoms. The first-order valence-electron chi connectivity index (χ1n) is 7.78. The molecule has 3 rings (SSSR count). The van der Waals surface area contributed by atoms with E-state index in [1.807, 2.05) is 0 Å². The van der Waals surface area contributed by atoms with Gasteiger partial charge in [-0.15, -0.1) is 0 Å². The lowest BCUT2D eigenvalue weighted by atomic mass is 10.1. The van der Waals surface area contributed by atoms with Gasteiger partial charge in [-0.25, -0.2) is 9.37 Å². The molecule has 0 aliphatic carbocycles. The molecule has 0 saturated carbocycles. The summed E-state index contributed by atoms with van der Waals surface area (Å²) in [6.07, 6.45) is 0. The number of benzene rings is 1. The van der Waals surface area contributed by atoms with Gasteiger partial charge in [0, 0.05) is 5.69 Å². The second kappa shape index (κ2) is 6.51. The van der Waals surface area contributed by atoms with Crippen molar-refractivity contribution in [3.63, 3.8) is 0 Å². The van der Waals surface area contributed by atoms with Crippen LogP contribution in [-0.2, 0) is 0 Å². The molecule has 0 saturated heterocycles. The highest BCUT2D eigenvalue weighted by Crippen LogP contribution is 2.24. The van der Waals surface area contributed by atoms with Gasteiger partial charge in [0.1, 0.15) is 0 Å². The van der Waals surface area contributed by atoms with Crippen LogP contribution in [0.3, 0.4) is 0 Å². The molecule has 3 aromatic rings. The lowest BCUT2D eigenvalue weighted by Crippen LogP contribution is -2.27. The lowest BCUT2D eigenvalue weighted by molar-refractivity contribution is 0.0941. The molecule has 1 aromatic carbocycles. The van der Waals surface area contributed by atoms with Gasteiger partial charge < -0.3 is 14.6 Å². The second-order valence-corrected chi connectivity index (χ2v) is 5.85. The van der Waals surface area contributed by atoms with Crippen molar-refractivity contribution in [3.8, 4) is 5.75 Å². The molecule has 1 atom stereocenters. The second-order valence-electron chi connectivity index (χ2n) is 5.85. The average molecular weight is 343 g/mol. The van der Waals surface area contributed by atoms with Crippen LogP contribution in [0, 0.1) is 19.7 Å². The van der Waals surface area contributed by atoms with E-state index in [2.05, 4.69) is 15.5 Å². The number of carbonyl (C=O) groups excluding carboxylic acids is 1. The molecule has 1 N–H and O–H groups in total. The summed E-state index contributed by atoms with van der Waals surface area (Å²) in [6, 6.07) is 5.89. The van der Waals surface area contributed by atoms with Crippen molar-refractivity contribution < 1.29 is 18.4 Å². The monoisotopic (exact) mass is 343 g/mol. The summed E-state index contributed by atoms with van der Waals surface area (Å²) in [5, 5.41) is 7.32. The van der Waals surface area contributed by atoms with Gasteiger partial charge in [0.15, 0.2) is 11.6 Å². The van der Waals surface area contributed by atoms with Crippen molar-refractivity contribution in [1.82, 2.24) is 15.5 Å². The topological polar surface area (TPSA) is 77.2 Å². The molecular weight excluding hydrogens is 325 g/mol. The first kappa shape index (κ1) is 16.9. The van der Waals surface area contributed by atoms with Crippen LogP contribution in [0.5, 0.6) is 5.75 Å². The van der Waals surface area contributed by atoms with Gasteiger partial charge in [-0.2, -0.15) is 0 Å². The summed E-state index contributed by atoms with van der Waals surface area (Å²) in [4.78, 5) is 17.0. The average Bonchev–Trinajstić information content (AvgIpc) is 2.94. The number of nitrogens with zero attached hydrogens (tertiary/aromatic N) is 2. The van der Waals surface area contributed by atoms with Crippen LogP contribution in [0.1, 0.15) is 40.3 Å². The molecule has 0 fully saturated rings. The number of rotatable bonds is 4. The van der Waals surface area contributed by atoms with Crippen LogP contribution in [0.4, 0.5) is 4.39 Å². The van der Waals surface area contributed by atoms with E-state index in [0.29, 0.717) is 33.6 Å². The normalized spacial score (nSPS) is 12.2. The largest absolute Gasteiger partial charge is 0.494 e. The zero-order chi connectivity index (χ0) is 18.1. The number of fused-ring (bicyclic) bond motifs is 1. The molecule has 7 heteroatoms. The molecular formula is C18H18FN3O3. The molecule has 25 heavy (non-hydrogen) atoms. The Hall–Kier alpha value is -2.96. The van der Waals surface area contributed by atoms with E-state index in [4.69, 9.17) is 9.26 Å². The predicted molar refractivity (Wildman–Crippen MR) is 90.1 cm³/mol. The van der Waals surface area contributed by atoms with Gasteiger partial charge >= 0.3 is 0 Å². The van der Waals surface area contributed by atoms with Crippen LogP contribution in [-0.4, -0.2) is 23.2 Å². The Morgan fingerprint density at radius 1 is 1.32 bits per heavy atom. The van der Waals surface area contributed by atoms with Gasteiger partial charge in [-0.1, -0.05) is 11.2 Å².